The maximum Gasteiger partial charge on any atom is 0.236 e. The van der Waals surface area contributed by atoms with E-state index in [2.05, 4.69) is 48.1 Å². The number of hydrogen-bond acceptors (Lipinski definition) is 2. The average Bonchev–Trinajstić information content (AvgIpc) is 2.43. The van der Waals surface area contributed by atoms with Crippen LogP contribution in [-0.4, -0.2) is 30.4 Å². The second-order valence-corrected chi connectivity index (χ2v) is 7.22. The van der Waals surface area contributed by atoms with Gasteiger partial charge >= 0.3 is 0 Å². The minimum absolute atomic E-state index is 0.157. The molecule has 3 atom stereocenters. The van der Waals surface area contributed by atoms with E-state index in [1.165, 1.54) is 12.0 Å². The van der Waals surface area contributed by atoms with Gasteiger partial charge in [-0.1, -0.05) is 48.0 Å². The molecule has 1 heterocycles. The largest absolute Gasteiger partial charge is 0.341 e. The number of halogens is 1. The molecular formula is C17H25BrN2O. The van der Waals surface area contributed by atoms with Gasteiger partial charge in [0.15, 0.2) is 0 Å². The highest BCUT2D eigenvalue weighted by atomic mass is 79.9. The highest BCUT2D eigenvalue weighted by molar-refractivity contribution is 9.10. The van der Waals surface area contributed by atoms with E-state index >= 15 is 0 Å². The van der Waals surface area contributed by atoms with Gasteiger partial charge in [-0.15, -0.1) is 0 Å². The number of likely N-dealkylation sites (tertiary alicyclic amines) is 1. The highest BCUT2D eigenvalue weighted by Gasteiger charge is 2.25. The first-order valence-corrected chi connectivity index (χ1v) is 8.52. The number of nitrogens with one attached hydrogen (secondary N) is 1. The quantitative estimate of drug-likeness (QED) is 0.897. The third-order valence-electron chi connectivity index (χ3n) is 4.15. The van der Waals surface area contributed by atoms with Crippen LogP contribution in [0.2, 0.25) is 0 Å². The number of rotatable bonds is 4. The van der Waals surface area contributed by atoms with Crippen molar-refractivity contribution in [3.8, 4) is 0 Å². The van der Waals surface area contributed by atoms with E-state index in [0.29, 0.717) is 18.4 Å². The first-order chi connectivity index (χ1) is 9.97. The van der Waals surface area contributed by atoms with Crippen molar-refractivity contribution >= 4 is 21.8 Å². The van der Waals surface area contributed by atoms with Crippen molar-refractivity contribution in [3.63, 3.8) is 0 Å². The van der Waals surface area contributed by atoms with E-state index in [0.717, 1.165) is 17.6 Å². The van der Waals surface area contributed by atoms with Crippen LogP contribution in [0.3, 0.4) is 0 Å². The molecule has 1 aliphatic heterocycles. The Morgan fingerprint density at radius 1 is 1.33 bits per heavy atom. The number of benzene rings is 1. The Kier molecular flexibility index (Phi) is 5.82. The molecule has 3 nitrogen and oxygen atoms in total. The summed E-state index contributed by atoms with van der Waals surface area (Å²) in [6.45, 7) is 8.75. The van der Waals surface area contributed by atoms with Crippen molar-refractivity contribution in [2.24, 2.45) is 11.8 Å². The molecule has 0 saturated carbocycles. The molecule has 2 rings (SSSR count). The predicted octanol–water partition coefficient (Wildman–Crippen LogP) is 3.60. The molecule has 1 aliphatic rings. The fraction of sp³-hybridized carbons (Fsp3) is 0.588. The second kappa shape index (κ2) is 7.41. The fourth-order valence-corrected chi connectivity index (χ4v) is 3.78. The van der Waals surface area contributed by atoms with Crippen LogP contribution in [0.15, 0.2) is 28.7 Å². The molecule has 0 radical (unpaired) electrons. The lowest BCUT2D eigenvalue weighted by Gasteiger charge is -2.35. The number of carbonyl (C=O) groups excluding carboxylic acids is 1. The Morgan fingerprint density at radius 3 is 2.57 bits per heavy atom. The summed E-state index contributed by atoms with van der Waals surface area (Å²) in [4.78, 5) is 14.4. The molecule has 1 aromatic carbocycles. The molecule has 0 spiro atoms. The van der Waals surface area contributed by atoms with E-state index in [9.17, 15) is 4.79 Å². The van der Waals surface area contributed by atoms with Gasteiger partial charge in [-0.25, -0.2) is 0 Å². The first kappa shape index (κ1) is 16.5. The minimum atomic E-state index is 0.157. The maximum atomic E-state index is 12.4. The lowest BCUT2D eigenvalue weighted by atomic mass is 9.92. The van der Waals surface area contributed by atoms with Gasteiger partial charge in [-0.3, -0.25) is 4.79 Å². The third kappa shape index (κ3) is 4.55. The van der Waals surface area contributed by atoms with Crippen LogP contribution in [0.5, 0.6) is 0 Å². The zero-order chi connectivity index (χ0) is 15.4. The van der Waals surface area contributed by atoms with Crippen molar-refractivity contribution in [3.05, 3.63) is 34.3 Å². The van der Waals surface area contributed by atoms with Gasteiger partial charge in [0, 0.05) is 23.6 Å². The molecule has 0 aromatic heterocycles. The summed E-state index contributed by atoms with van der Waals surface area (Å²) in [5.74, 6) is 1.43. The van der Waals surface area contributed by atoms with Crippen LogP contribution in [0.1, 0.15) is 38.8 Å². The van der Waals surface area contributed by atoms with Crippen molar-refractivity contribution in [2.45, 2.75) is 33.2 Å². The lowest BCUT2D eigenvalue weighted by Crippen LogP contribution is -2.46. The van der Waals surface area contributed by atoms with Crippen LogP contribution in [0.4, 0.5) is 0 Å². The van der Waals surface area contributed by atoms with Gasteiger partial charge in [-0.2, -0.15) is 0 Å². The van der Waals surface area contributed by atoms with Gasteiger partial charge in [-0.05, 0) is 36.8 Å². The molecule has 4 heteroatoms. The molecule has 0 aliphatic carbocycles. The van der Waals surface area contributed by atoms with Gasteiger partial charge in [0.05, 0.1) is 6.54 Å². The topological polar surface area (TPSA) is 32.3 Å². The van der Waals surface area contributed by atoms with Crippen molar-refractivity contribution < 1.29 is 4.79 Å². The zero-order valence-electron chi connectivity index (χ0n) is 13.1. The van der Waals surface area contributed by atoms with E-state index in [1.54, 1.807) is 0 Å². The monoisotopic (exact) mass is 352 g/mol. The summed E-state index contributed by atoms with van der Waals surface area (Å²) in [5, 5.41) is 3.35. The molecule has 0 bridgehead atoms. The molecule has 3 unspecified atom stereocenters. The number of piperidine rings is 1. The SMILES string of the molecule is CC1CC(C)CN(C(=O)CNC(C)c2ccccc2Br)C1. The predicted molar refractivity (Wildman–Crippen MR) is 90.1 cm³/mol. The summed E-state index contributed by atoms with van der Waals surface area (Å²) in [5.41, 5.74) is 1.19. The number of nitrogens with zero attached hydrogens (tertiary/aromatic N) is 1. The Morgan fingerprint density at radius 2 is 1.95 bits per heavy atom. The molecule has 1 amide bonds. The standard InChI is InChI=1S/C17H25BrN2O/c1-12-8-13(2)11-20(10-12)17(21)9-19-14(3)15-6-4-5-7-16(15)18/h4-7,12-14,19H,8-11H2,1-3H3. The normalized spacial score (nSPS) is 23.9. The summed E-state index contributed by atoms with van der Waals surface area (Å²) in [6, 6.07) is 8.29. The van der Waals surface area contributed by atoms with Gasteiger partial charge < -0.3 is 10.2 Å². The molecule has 116 valence electrons. The highest BCUT2D eigenvalue weighted by Crippen LogP contribution is 2.23. The molecule has 21 heavy (non-hydrogen) atoms. The van der Waals surface area contributed by atoms with E-state index in [4.69, 9.17) is 0 Å². The van der Waals surface area contributed by atoms with Crippen LogP contribution < -0.4 is 5.32 Å². The molecule has 1 fully saturated rings. The van der Waals surface area contributed by atoms with Crippen LogP contribution in [0.25, 0.3) is 0 Å². The molecule has 1 saturated heterocycles. The van der Waals surface area contributed by atoms with Crippen molar-refractivity contribution in [2.75, 3.05) is 19.6 Å². The van der Waals surface area contributed by atoms with E-state index in [-0.39, 0.29) is 11.9 Å². The number of amides is 1. The Bertz CT molecular complexity index is 481. The Labute approximate surface area is 136 Å². The Hall–Kier alpha value is -0.870. The van der Waals surface area contributed by atoms with E-state index < -0.39 is 0 Å². The molecule has 1 N–H and O–H groups in total. The summed E-state index contributed by atoms with van der Waals surface area (Å²) in [6.07, 6.45) is 1.23. The van der Waals surface area contributed by atoms with Crippen molar-refractivity contribution in [1.82, 2.24) is 10.2 Å². The first-order valence-electron chi connectivity index (χ1n) is 7.73. The second-order valence-electron chi connectivity index (χ2n) is 6.37. The van der Waals surface area contributed by atoms with Crippen molar-refractivity contribution in [1.29, 1.82) is 0 Å². The fourth-order valence-electron chi connectivity index (χ4n) is 3.16. The third-order valence-corrected chi connectivity index (χ3v) is 4.87. The van der Waals surface area contributed by atoms with Crippen LogP contribution in [0, 0.1) is 11.8 Å². The smallest absolute Gasteiger partial charge is 0.236 e. The minimum Gasteiger partial charge on any atom is -0.341 e. The molecule has 1 aromatic rings. The lowest BCUT2D eigenvalue weighted by molar-refractivity contribution is -0.133. The summed E-state index contributed by atoms with van der Waals surface area (Å²) >= 11 is 3.56. The van der Waals surface area contributed by atoms with Gasteiger partial charge in [0.2, 0.25) is 5.91 Å². The van der Waals surface area contributed by atoms with E-state index in [1.807, 2.05) is 23.1 Å². The van der Waals surface area contributed by atoms with Crippen LogP contribution in [-0.2, 0) is 4.79 Å². The summed E-state index contributed by atoms with van der Waals surface area (Å²) in [7, 11) is 0. The number of hydrogen-bond donors (Lipinski definition) is 1. The van der Waals surface area contributed by atoms with Gasteiger partial charge in [0.25, 0.3) is 0 Å². The summed E-state index contributed by atoms with van der Waals surface area (Å²) < 4.78 is 1.08. The Balaban J connectivity index is 1.88. The maximum absolute atomic E-state index is 12.4. The average molecular weight is 353 g/mol. The molecular weight excluding hydrogens is 328 g/mol. The zero-order valence-corrected chi connectivity index (χ0v) is 14.7. The number of carbonyl (C=O) groups is 1. The van der Waals surface area contributed by atoms with Gasteiger partial charge in [0.1, 0.15) is 0 Å². The van der Waals surface area contributed by atoms with Crippen LogP contribution >= 0.6 is 15.9 Å².